The molecule has 0 bridgehead atoms. The van der Waals surface area contributed by atoms with Crippen LogP contribution in [0.4, 0.5) is 21.5 Å². The molecule has 0 aliphatic carbocycles. The number of unbranched alkanes of at least 4 members (excludes halogenated alkanes) is 3. The van der Waals surface area contributed by atoms with Crippen molar-refractivity contribution >= 4 is 23.0 Å². The number of carbonyl (C=O) groups excluding carboxylic acids is 1. The molecule has 0 spiro atoms. The molecule has 0 aliphatic heterocycles. The van der Waals surface area contributed by atoms with E-state index in [1.54, 1.807) is 43.3 Å². The van der Waals surface area contributed by atoms with Gasteiger partial charge in [-0.3, -0.25) is 0 Å². The minimum Gasteiger partial charge on any atom is -0.462 e. The number of hydrogen-bond acceptors (Lipinski definition) is 5. The Morgan fingerprint density at radius 2 is 1.59 bits per heavy atom. The van der Waals surface area contributed by atoms with Crippen molar-refractivity contribution in [2.75, 3.05) is 25.1 Å². The predicted molar refractivity (Wildman–Crippen MR) is 136 cm³/mol. The van der Waals surface area contributed by atoms with Gasteiger partial charge in [0.05, 0.1) is 17.9 Å². The van der Waals surface area contributed by atoms with Gasteiger partial charge in [0.25, 0.3) is 0 Å². The Morgan fingerprint density at radius 3 is 2.24 bits per heavy atom. The number of ether oxygens (including phenoxy) is 1. The highest BCUT2D eigenvalue weighted by Gasteiger charge is 2.09. The van der Waals surface area contributed by atoms with Crippen LogP contribution in [0.2, 0.25) is 0 Å². The summed E-state index contributed by atoms with van der Waals surface area (Å²) >= 11 is 0. The fourth-order valence-corrected chi connectivity index (χ4v) is 3.57. The van der Waals surface area contributed by atoms with Crippen LogP contribution in [0.25, 0.3) is 11.1 Å². The minimum absolute atomic E-state index is 0.170. The fourth-order valence-electron chi connectivity index (χ4n) is 3.57. The largest absolute Gasteiger partial charge is 0.462 e. The molecular weight excluding hydrogens is 429 g/mol. The summed E-state index contributed by atoms with van der Waals surface area (Å²) in [6.45, 7) is 5.31. The highest BCUT2D eigenvalue weighted by molar-refractivity contribution is 5.90. The van der Waals surface area contributed by atoms with Crippen LogP contribution >= 0.6 is 0 Å². The third kappa shape index (κ3) is 6.98. The third-order valence-electron chi connectivity index (χ3n) is 5.59. The molecule has 0 saturated carbocycles. The second-order valence-electron chi connectivity index (χ2n) is 8.16. The Morgan fingerprint density at radius 1 is 0.882 bits per heavy atom. The number of nitrogens with zero attached hydrogens (tertiary/aromatic N) is 3. The Balaban J connectivity index is 1.63. The Hall–Kier alpha value is -3.54. The molecule has 5 nitrogen and oxygen atoms in total. The minimum atomic E-state index is -0.459. The van der Waals surface area contributed by atoms with Crippen LogP contribution in [-0.4, -0.2) is 26.2 Å². The second-order valence-corrected chi connectivity index (χ2v) is 8.16. The van der Waals surface area contributed by atoms with E-state index in [9.17, 15) is 9.18 Å². The molecule has 3 rings (SSSR count). The first-order valence-corrected chi connectivity index (χ1v) is 11.8. The van der Waals surface area contributed by atoms with Crippen molar-refractivity contribution in [2.45, 2.75) is 39.5 Å². The van der Waals surface area contributed by atoms with Gasteiger partial charge in [-0.25, -0.2) is 9.18 Å². The van der Waals surface area contributed by atoms with Gasteiger partial charge in [-0.1, -0.05) is 44.4 Å². The van der Waals surface area contributed by atoms with Crippen molar-refractivity contribution in [3.8, 4) is 11.1 Å². The highest BCUT2D eigenvalue weighted by atomic mass is 19.1. The Bertz CT molecular complexity index is 1100. The molecule has 0 heterocycles. The SMILES string of the molecule is CCCCCCN(C)c1ccc(/N=N/c2ccc(-c3ccc(C(=O)OCC)cc3)cc2F)cc1. The van der Waals surface area contributed by atoms with Crippen LogP contribution in [0.15, 0.2) is 77.0 Å². The standard InChI is InChI=1S/C28H32FN3O2/c1-4-6-7-8-19-32(3)25-16-14-24(15-17-25)30-31-27-18-13-23(20-26(27)29)21-9-11-22(12-10-21)28(33)34-5-2/h9-18,20H,4-8,19H2,1-3H3/b31-30+. The lowest BCUT2D eigenvalue weighted by molar-refractivity contribution is 0.0526. The first kappa shape index (κ1) is 25.1. The van der Waals surface area contributed by atoms with E-state index in [2.05, 4.69) is 29.1 Å². The van der Waals surface area contributed by atoms with Crippen molar-refractivity contribution < 1.29 is 13.9 Å². The maximum atomic E-state index is 14.7. The number of rotatable bonds is 11. The van der Waals surface area contributed by atoms with Crippen LogP contribution in [0.5, 0.6) is 0 Å². The number of esters is 1. The summed E-state index contributed by atoms with van der Waals surface area (Å²) < 4.78 is 19.6. The summed E-state index contributed by atoms with van der Waals surface area (Å²) in [7, 11) is 2.09. The van der Waals surface area contributed by atoms with E-state index in [-0.39, 0.29) is 11.7 Å². The number of hydrogen-bond donors (Lipinski definition) is 0. The maximum absolute atomic E-state index is 14.7. The first-order chi connectivity index (χ1) is 16.5. The van der Waals surface area contributed by atoms with E-state index in [1.807, 2.05) is 24.3 Å². The maximum Gasteiger partial charge on any atom is 0.338 e. The van der Waals surface area contributed by atoms with E-state index < -0.39 is 5.82 Å². The van der Waals surface area contributed by atoms with Crippen molar-refractivity contribution in [2.24, 2.45) is 10.2 Å². The molecule has 34 heavy (non-hydrogen) atoms. The van der Waals surface area contributed by atoms with E-state index in [0.717, 1.165) is 17.8 Å². The van der Waals surface area contributed by atoms with E-state index in [0.29, 0.717) is 23.4 Å². The van der Waals surface area contributed by atoms with Crippen LogP contribution in [0.1, 0.15) is 49.9 Å². The molecule has 3 aromatic carbocycles. The monoisotopic (exact) mass is 461 g/mol. The van der Waals surface area contributed by atoms with Crippen molar-refractivity contribution in [3.63, 3.8) is 0 Å². The zero-order valence-corrected chi connectivity index (χ0v) is 20.1. The zero-order chi connectivity index (χ0) is 24.3. The van der Waals surface area contributed by atoms with Gasteiger partial charge in [-0.15, -0.1) is 5.11 Å². The van der Waals surface area contributed by atoms with E-state index in [1.165, 1.54) is 31.7 Å². The molecule has 6 heteroatoms. The van der Waals surface area contributed by atoms with Crippen LogP contribution in [0.3, 0.4) is 0 Å². The summed E-state index contributed by atoms with van der Waals surface area (Å²) in [5, 5.41) is 8.28. The number of halogens is 1. The Kier molecular flexibility index (Phi) is 9.32. The lowest BCUT2D eigenvalue weighted by Gasteiger charge is -2.19. The molecule has 0 N–H and O–H groups in total. The molecule has 0 aliphatic rings. The predicted octanol–water partition coefficient (Wildman–Crippen LogP) is 8.10. The van der Waals surface area contributed by atoms with Gasteiger partial charge in [-0.05, 0) is 73.0 Å². The van der Waals surface area contributed by atoms with Gasteiger partial charge in [0.1, 0.15) is 5.69 Å². The third-order valence-corrected chi connectivity index (χ3v) is 5.59. The first-order valence-electron chi connectivity index (χ1n) is 11.8. The molecule has 0 atom stereocenters. The molecule has 0 amide bonds. The summed E-state index contributed by atoms with van der Waals surface area (Å²) in [4.78, 5) is 14.0. The van der Waals surface area contributed by atoms with Crippen LogP contribution < -0.4 is 4.90 Å². The van der Waals surface area contributed by atoms with Gasteiger partial charge in [0, 0.05) is 19.3 Å². The molecule has 0 fully saturated rings. The lowest BCUT2D eigenvalue weighted by atomic mass is 10.0. The lowest BCUT2D eigenvalue weighted by Crippen LogP contribution is -2.18. The summed E-state index contributed by atoms with van der Waals surface area (Å²) in [5.74, 6) is -0.832. The van der Waals surface area contributed by atoms with Crippen LogP contribution in [-0.2, 0) is 4.74 Å². The number of carbonyl (C=O) groups is 1. The quantitative estimate of drug-likeness (QED) is 0.165. The molecular formula is C28H32FN3O2. The van der Waals surface area contributed by atoms with Gasteiger partial charge in [0.15, 0.2) is 5.82 Å². The number of anilines is 1. The van der Waals surface area contributed by atoms with Gasteiger partial charge >= 0.3 is 5.97 Å². The second kappa shape index (κ2) is 12.6. The molecule has 0 saturated heterocycles. The van der Waals surface area contributed by atoms with E-state index >= 15 is 0 Å². The number of azo groups is 1. The van der Waals surface area contributed by atoms with Crippen molar-refractivity contribution in [3.05, 3.63) is 78.1 Å². The van der Waals surface area contributed by atoms with Gasteiger partial charge < -0.3 is 9.64 Å². The van der Waals surface area contributed by atoms with Crippen molar-refractivity contribution in [1.82, 2.24) is 0 Å². The summed E-state index contributed by atoms with van der Waals surface area (Å²) in [6, 6.07) is 19.5. The molecule has 3 aromatic rings. The van der Waals surface area contributed by atoms with Crippen LogP contribution in [0, 0.1) is 5.82 Å². The van der Waals surface area contributed by atoms with Gasteiger partial charge in [-0.2, -0.15) is 5.11 Å². The molecule has 178 valence electrons. The van der Waals surface area contributed by atoms with Crippen molar-refractivity contribution in [1.29, 1.82) is 0 Å². The summed E-state index contributed by atoms with van der Waals surface area (Å²) in [5.41, 5.74) is 3.92. The zero-order valence-electron chi connectivity index (χ0n) is 20.1. The average Bonchev–Trinajstić information content (AvgIpc) is 2.86. The molecule has 0 radical (unpaired) electrons. The van der Waals surface area contributed by atoms with E-state index in [4.69, 9.17) is 4.74 Å². The normalized spacial score (nSPS) is 11.1. The van der Waals surface area contributed by atoms with Gasteiger partial charge in [0.2, 0.25) is 0 Å². The topological polar surface area (TPSA) is 54.3 Å². The molecule has 0 aromatic heterocycles. The molecule has 0 unspecified atom stereocenters. The fraction of sp³-hybridized carbons (Fsp3) is 0.321. The summed E-state index contributed by atoms with van der Waals surface area (Å²) in [6.07, 6.45) is 4.93. The highest BCUT2D eigenvalue weighted by Crippen LogP contribution is 2.28. The smallest absolute Gasteiger partial charge is 0.338 e. The Labute approximate surface area is 201 Å². The average molecular weight is 462 g/mol. The number of benzene rings is 3.